The molecule has 7 heteroatoms. The zero-order chi connectivity index (χ0) is 14.6. The summed E-state index contributed by atoms with van der Waals surface area (Å²) in [4.78, 5) is 28.6. The molecule has 0 aliphatic rings. The molecule has 19 heavy (non-hydrogen) atoms. The summed E-state index contributed by atoms with van der Waals surface area (Å²) in [5, 5.41) is 5.58. The fourth-order valence-corrected chi connectivity index (χ4v) is 2.33. The van der Waals surface area contributed by atoms with Crippen LogP contribution >= 0.6 is 11.3 Å². The molecule has 106 valence electrons. The van der Waals surface area contributed by atoms with E-state index in [4.69, 9.17) is 5.73 Å². The fraction of sp³-hybridized carbons (Fsp3) is 0.583. The first-order chi connectivity index (χ1) is 8.77. The van der Waals surface area contributed by atoms with E-state index < -0.39 is 11.4 Å². The topological polar surface area (TPSA) is 88.3 Å². The Kier molecular flexibility index (Phi) is 5.02. The van der Waals surface area contributed by atoms with Gasteiger partial charge in [0, 0.05) is 25.4 Å². The van der Waals surface area contributed by atoms with E-state index in [2.05, 4.69) is 10.3 Å². The molecule has 6 nitrogen and oxygen atoms in total. The van der Waals surface area contributed by atoms with Gasteiger partial charge in [-0.25, -0.2) is 4.98 Å². The quantitative estimate of drug-likeness (QED) is 0.811. The lowest BCUT2D eigenvalue weighted by Crippen LogP contribution is -2.50. The Morgan fingerprint density at radius 1 is 1.53 bits per heavy atom. The minimum atomic E-state index is -0.783. The van der Waals surface area contributed by atoms with Crippen LogP contribution in [-0.2, 0) is 16.1 Å². The summed E-state index contributed by atoms with van der Waals surface area (Å²) >= 11 is 1.41. The van der Waals surface area contributed by atoms with Crippen LogP contribution in [0.5, 0.6) is 0 Å². The van der Waals surface area contributed by atoms with Crippen molar-refractivity contribution in [1.29, 1.82) is 0 Å². The summed E-state index contributed by atoms with van der Waals surface area (Å²) in [5.74, 6) is -0.448. The van der Waals surface area contributed by atoms with Gasteiger partial charge in [0.1, 0.15) is 0 Å². The van der Waals surface area contributed by atoms with Crippen LogP contribution in [0.15, 0.2) is 5.38 Å². The Bertz CT molecular complexity index is 470. The molecular formula is C12H20N4O2S. The van der Waals surface area contributed by atoms with E-state index in [0.29, 0.717) is 18.2 Å². The van der Waals surface area contributed by atoms with Gasteiger partial charge in [-0.15, -0.1) is 11.3 Å². The Morgan fingerprint density at radius 3 is 2.63 bits per heavy atom. The van der Waals surface area contributed by atoms with Crippen LogP contribution in [0.3, 0.4) is 0 Å². The third-order valence-corrected chi connectivity index (χ3v) is 3.71. The van der Waals surface area contributed by atoms with Crippen molar-refractivity contribution >= 4 is 28.3 Å². The predicted octanol–water partition coefficient (Wildman–Crippen LogP) is 0.869. The van der Waals surface area contributed by atoms with Gasteiger partial charge < -0.3 is 5.73 Å². The Balaban J connectivity index is 2.71. The Morgan fingerprint density at radius 2 is 2.16 bits per heavy atom. The van der Waals surface area contributed by atoms with Gasteiger partial charge in [0.05, 0.1) is 11.2 Å². The first-order valence-corrected chi connectivity index (χ1v) is 6.93. The molecule has 0 unspecified atom stereocenters. The third-order valence-electron chi connectivity index (χ3n) is 2.79. The van der Waals surface area contributed by atoms with E-state index in [-0.39, 0.29) is 5.91 Å². The van der Waals surface area contributed by atoms with Crippen molar-refractivity contribution < 1.29 is 9.59 Å². The number of nitrogens with zero attached hydrogens (tertiary/aromatic N) is 2. The fourth-order valence-electron chi connectivity index (χ4n) is 1.39. The summed E-state index contributed by atoms with van der Waals surface area (Å²) in [6.45, 7) is 7.87. The average Bonchev–Trinajstić information content (AvgIpc) is 2.75. The normalized spacial score (nSPS) is 11.4. The molecule has 0 saturated heterocycles. The smallest absolute Gasteiger partial charge is 0.237 e. The highest BCUT2D eigenvalue weighted by atomic mass is 32.1. The summed E-state index contributed by atoms with van der Waals surface area (Å²) < 4.78 is 0. The van der Waals surface area contributed by atoms with Crippen molar-refractivity contribution in [3.05, 3.63) is 11.1 Å². The highest BCUT2D eigenvalue weighted by Gasteiger charge is 2.24. The maximum atomic E-state index is 11.4. The molecule has 0 fully saturated rings. The zero-order valence-electron chi connectivity index (χ0n) is 11.7. The van der Waals surface area contributed by atoms with Gasteiger partial charge in [-0.05, 0) is 20.8 Å². The van der Waals surface area contributed by atoms with Crippen LogP contribution in [0.2, 0.25) is 0 Å². The number of thiazole rings is 1. The van der Waals surface area contributed by atoms with Gasteiger partial charge in [0.2, 0.25) is 11.8 Å². The molecule has 1 aromatic rings. The van der Waals surface area contributed by atoms with Crippen LogP contribution in [0, 0.1) is 0 Å². The van der Waals surface area contributed by atoms with Gasteiger partial charge in [-0.3, -0.25) is 19.8 Å². The molecule has 0 bridgehead atoms. The number of nitrogens with one attached hydrogen (secondary N) is 1. The molecule has 1 heterocycles. The largest absolute Gasteiger partial charge is 0.368 e. The molecule has 0 aliphatic carbocycles. The molecule has 2 amide bonds. The number of aromatic nitrogens is 1. The number of nitrogens with two attached hydrogens (primary N) is 1. The summed E-state index contributed by atoms with van der Waals surface area (Å²) in [6.07, 6.45) is 0. The molecule has 0 spiro atoms. The standard InChI is InChI=1S/C12H20N4O2S/c1-5-16(8(2)17)11-15-9(7-19-11)6-14-12(3,4)10(13)18/h7,14H,5-6H2,1-4H3,(H2,13,18). The van der Waals surface area contributed by atoms with Crippen molar-refractivity contribution in [1.82, 2.24) is 10.3 Å². The molecule has 0 aromatic carbocycles. The van der Waals surface area contributed by atoms with Gasteiger partial charge in [0.25, 0.3) is 0 Å². The molecule has 0 atom stereocenters. The van der Waals surface area contributed by atoms with Gasteiger partial charge in [0.15, 0.2) is 5.13 Å². The minimum absolute atomic E-state index is 0.0335. The first kappa shape index (κ1) is 15.6. The second-order valence-electron chi connectivity index (χ2n) is 4.73. The number of carbonyl (C=O) groups excluding carboxylic acids is 2. The van der Waals surface area contributed by atoms with Crippen molar-refractivity contribution in [2.45, 2.75) is 39.8 Å². The van der Waals surface area contributed by atoms with Crippen LogP contribution in [-0.4, -0.2) is 28.9 Å². The van der Waals surface area contributed by atoms with Crippen LogP contribution in [0.25, 0.3) is 0 Å². The molecule has 0 radical (unpaired) electrons. The van der Waals surface area contributed by atoms with Crippen molar-refractivity contribution in [3.8, 4) is 0 Å². The average molecular weight is 284 g/mol. The number of primary amides is 1. The molecule has 3 N–H and O–H groups in total. The zero-order valence-corrected chi connectivity index (χ0v) is 12.5. The Hall–Kier alpha value is -1.47. The van der Waals surface area contributed by atoms with E-state index in [1.807, 2.05) is 12.3 Å². The van der Waals surface area contributed by atoms with Gasteiger partial charge in [-0.1, -0.05) is 0 Å². The number of rotatable bonds is 6. The highest BCUT2D eigenvalue weighted by molar-refractivity contribution is 7.14. The minimum Gasteiger partial charge on any atom is -0.368 e. The lowest BCUT2D eigenvalue weighted by atomic mass is 10.1. The number of amides is 2. The van der Waals surface area contributed by atoms with E-state index in [0.717, 1.165) is 5.69 Å². The van der Waals surface area contributed by atoms with Crippen molar-refractivity contribution in [2.75, 3.05) is 11.4 Å². The van der Waals surface area contributed by atoms with Crippen LogP contribution in [0.4, 0.5) is 5.13 Å². The van der Waals surface area contributed by atoms with E-state index >= 15 is 0 Å². The lowest BCUT2D eigenvalue weighted by molar-refractivity contribution is -0.123. The first-order valence-electron chi connectivity index (χ1n) is 6.05. The summed E-state index contributed by atoms with van der Waals surface area (Å²) in [5.41, 5.74) is 5.28. The highest BCUT2D eigenvalue weighted by Crippen LogP contribution is 2.20. The SMILES string of the molecule is CCN(C(C)=O)c1nc(CNC(C)(C)C(N)=O)cs1. The number of carbonyl (C=O) groups is 2. The molecule has 1 rings (SSSR count). The Labute approximate surface area is 117 Å². The number of hydrogen-bond donors (Lipinski definition) is 2. The predicted molar refractivity (Wildman–Crippen MR) is 75.9 cm³/mol. The van der Waals surface area contributed by atoms with Gasteiger partial charge >= 0.3 is 0 Å². The van der Waals surface area contributed by atoms with E-state index in [1.165, 1.54) is 18.3 Å². The molecule has 0 saturated carbocycles. The van der Waals surface area contributed by atoms with Gasteiger partial charge in [-0.2, -0.15) is 0 Å². The maximum absolute atomic E-state index is 11.4. The number of hydrogen-bond acceptors (Lipinski definition) is 5. The molecule has 0 aliphatic heterocycles. The monoisotopic (exact) mass is 284 g/mol. The number of anilines is 1. The van der Waals surface area contributed by atoms with E-state index in [9.17, 15) is 9.59 Å². The van der Waals surface area contributed by atoms with E-state index in [1.54, 1.807) is 18.7 Å². The molecule has 1 aromatic heterocycles. The van der Waals surface area contributed by atoms with Crippen molar-refractivity contribution in [2.24, 2.45) is 5.73 Å². The summed E-state index contributed by atoms with van der Waals surface area (Å²) in [7, 11) is 0. The maximum Gasteiger partial charge on any atom is 0.237 e. The second kappa shape index (κ2) is 6.12. The third kappa shape index (κ3) is 4.00. The van der Waals surface area contributed by atoms with Crippen LogP contribution < -0.4 is 16.0 Å². The molecular weight excluding hydrogens is 264 g/mol. The summed E-state index contributed by atoms with van der Waals surface area (Å²) in [6, 6.07) is 0. The lowest BCUT2D eigenvalue weighted by Gasteiger charge is -2.21. The second-order valence-corrected chi connectivity index (χ2v) is 5.56. The van der Waals surface area contributed by atoms with Crippen LogP contribution in [0.1, 0.15) is 33.4 Å². The van der Waals surface area contributed by atoms with Crippen molar-refractivity contribution in [3.63, 3.8) is 0 Å².